The molecule has 0 bridgehead atoms. The van der Waals surface area contributed by atoms with Gasteiger partial charge in [-0.25, -0.2) is 0 Å². The number of methoxy groups -OCH3 is 1. The zero-order valence-electron chi connectivity index (χ0n) is 14.2. The van der Waals surface area contributed by atoms with E-state index in [1.165, 1.54) is 0 Å². The normalized spacial score (nSPS) is 16.1. The number of hydrogen-bond donors (Lipinski definition) is 0. The molecule has 5 heteroatoms. The highest BCUT2D eigenvalue weighted by Gasteiger charge is 2.27. The van der Waals surface area contributed by atoms with Crippen molar-refractivity contribution in [1.29, 1.82) is 0 Å². The van der Waals surface area contributed by atoms with Crippen LogP contribution in [0.1, 0.15) is 37.0 Å². The first-order valence-electron chi connectivity index (χ1n) is 8.29. The van der Waals surface area contributed by atoms with Crippen LogP contribution >= 0.6 is 0 Å². The van der Waals surface area contributed by atoms with Gasteiger partial charge in [-0.15, -0.1) is 0 Å². The SMILES string of the molecule is CCCC(C)C(=O)N1CCN(C(=O)c2cccc(OC)c2)CC1. The summed E-state index contributed by atoms with van der Waals surface area (Å²) >= 11 is 0. The molecule has 1 aliphatic rings. The fourth-order valence-corrected chi connectivity index (χ4v) is 2.94. The van der Waals surface area contributed by atoms with Gasteiger partial charge in [0.2, 0.25) is 5.91 Å². The van der Waals surface area contributed by atoms with E-state index >= 15 is 0 Å². The Labute approximate surface area is 138 Å². The van der Waals surface area contributed by atoms with Gasteiger partial charge in [0.1, 0.15) is 5.75 Å². The summed E-state index contributed by atoms with van der Waals surface area (Å²) in [5.74, 6) is 0.955. The summed E-state index contributed by atoms with van der Waals surface area (Å²) in [5.41, 5.74) is 0.628. The summed E-state index contributed by atoms with van der Waals surface area (Å²) in [5, 5.41) is 0. The predicted octanol–water partition coefficient (Wildman–Crippen LogP) is 2.42. The number of piperazine rings is 1. The van der Waals surface area contributed by atoms with Crippen molar-refractivity contribution in [2.24, 2.45) is 5.92 Å². The van der Waals surface area contributed by atoms with Gasteiger partial charge in [-0.2, -0.15) is 0 Å². The second-order valence-electron chi connectivity index (χ2n) is 6.04. The van der Waals surface area contributed by atoms with Crippen LogP contribution in [0, 0.1) is 5.92 Å². The van der Waals surface area contributed by atoms with E-state index in [2.05, 4.69) is 6.92 Å². The Hall–Kier alpha value is -2.04. The van der Waals surface area contributed by atoms with E-state index in [9.17, 15) is 9.59 Å². The maximum Gasteiger partial charge on any atom is 0.254 e. The second kappa shape index (κ2) is 7.99. The first kappa shape index (κ1) is 17.3. The Morgan fingerprint density at radius 3 is 2.43 bits per heavy atom. The van der Waals surface area contributed by atoms with Crippen LogP contribution in [0.15, 0.2) is 24.3 Å². The first-order chi connectivity index (χ1) is 11.1. The smallest absolute Gasteiger partial charge is 0.254 e. The fraction of sp³-hybridized carbons (Fsp3) is 0.556. The predicted molar refractivity (Wildman–Crippen MR) is 89.5 cm³/mol. The van der Waals surface area contributed by atoms with Crippen molar-refractivity contribution in [3.05, 3.63) is 29.8 Å². The minimum absolute atomic E-state index is 0.00222. The molecule has 0 radical (unpaired) electrons. The fourth-order valence-electron chi connectivity index (χ4n) is 2.94. The van der Waals surface area contributed by atoms with Gasteiger partial charge in [-0.05, 0) is 24.6 Å². The van der Waals surface area contributed by atoms with Crippen molar-refractivity contribution in [3.63, 3.8) is 0 Å². The van der Waals surface area contributed by atoms with E-state index in [-0.39, 0.29) is 17.7 Å². The highest BCUT2D eigenvalue weighted by Crippen LogP contribution is 2.17. The Bertz CT molecular complexity index is 551. The Morgan fingerprint density at radius 2 is 1.83 bits per heavy atom. The van der Waals surface area contributed by atoms with Gasteiger partial charge in [0.25, 0.3) is 5.91 Å². The van der Waals surface area contributed by atoms with E-state index in [1.54, 1.807) is 19.2 Å². The van der Waals surface area contributed by atoms with Gasteiger partial charge < -0.3 is 14.5 Å². The molecule has 1 saturated heterocycles. The quantitative estimate of drug-likeness (QED) is 0.838. The maximum atomic E-state index is 12.5. The molecule has 1 heterocycles. The Kier molecular flexibility index (Phi) is 6.02. The van der Waals surface area contributed by atoms with Crippen LogP contribution in [-0.2, 0) is 4.79 Å². The molecule has 1 unspecified atom stereocenters. The van der Waals surface area contributed by atoms with Crippen LogP contribution in [-0.4, -0.2) is 54.9 Å². The van der Waals surface area contributed by atoms with Crippen molar-refractivity contribution in [2.75, 3.05) is 33.3 Å². The van der Waals surface area contributed by atoms with Crippen LogP contribution in [0.2, 0.25) is 0 Å². The summed E-state index contributed by atoms with van der Waals surface area (Å²) in [4.78, 5) is 28.6. The lowest BCUT2D eigenvalue weighted by molar-refractivity contribution is -0.136. The number of carbonyl (C=O) groups excluding carboxylic acids is 2. The lowest BCUT2D eigenvalue weighted by Crippen LogP contribution is -2.51. The lowest BCUT2D eigenvalue weighted by atomic mass is 10.0. The summed E-state index contributed by atoms with van der Waals surface area (Å²) in [6.07, 6.45) is 1.93. The Balaban J connectivity index is 1.93. The van der Waals surface area contributed by atoms with E-state index in [0.717, 1.165) is 12.8 Å². The molecule has 0 aromatic heterocycles. The third-order valence-corrected chi connectivity index (χ3v) is 4.34. The van der Waals surface area contributed by atoms with Crippen LogP contribution in [0.4, 0.5) is 0 Å². The lowest BCUT2D eigenvalue weighted by Gasteiger charge is -2.36. The molecule has 126 valence electrons. The van der Waals surface area contributed by atoms with E-state index in [1.807, 2.05) is 28.9 Å². The average molecular weight is 318 g/mol. The monoisotopic (exact) mass is 318 g/mol. The number of nitrogens with zero attached hydrogens (tertiary/aromatic N) is 2. The van der Waals surface area contributed by atoms with Gasteiger partial charge in [0.15, 0.2) is 0 Å². The third kappa shape index (κ3) is 4.24. The van der Waals surface area contributed by atoms with E-state index in [0.29, 0.717) is 37.5 Å². The summed E-state index contributed by atoms with van der Waals surface area (Å²) in [6, 6.07) is 7.19. The number of carbonyl (C=O) groups is 2. The van der Waals surface area contributed by atoms with Gasteiger partial charge in [-0.1, -0.05) is 26.3 Å². The van der Waals surface area contributed by atoms with E-state index in [4.69, 9.17) is 4.74 Å². The first-order valence-corrected chi connectivity index (χ1v) is 8.29. The molecule has 23 heavy (non-hydrogen) atoms. The molecule has 0 spiro atoms. The van der Waals surface area contributed by atoms with Crippen molar-refractivity contribution >= 4 is 11.8 Å². The summed E-state index contributed by atoms with van der Waals surface area (Å²) < 4.78 is 5.17. The molecule has 5 nitrogen and oxygen atoms in total. The Morgan fingerprint density at radius 1 is 1.17 bits per heavy atom. The molecular weight excluding hydrogens is 292 g/mol. The largest absolute Gasteiger partial charge is 0.497 e. The highest BCUT2D eigenvalue weighted by atomic mass is 16.5. The maximum absolute atomic E-state index is 12.5. The number of ether oxygens (including phenoxy) is 1. The summed E-state index contributed by atoms with van der Waals surface area (Å²) in [7, 11) is 1.59. The molecule has 2 amide bonds. The molecule has 1 aromatic carbocycles. The standard InChI is InChI=1S/C18H26N2O3/c1-4-6-14(2)17(21)19-9-11-20(12-10-19)18(22)15-7-5-8-16(13-15)23-3/h5,7-8,13-14H,4,6,9-12H2,1-3H3. The van der Waals surface area contributed by atoms with Gasteiger partial charge in [0.05, 0.1) is 7.11 Å². The van der Waals surface area contributed by atoms with Gasteiger partial charge in [0, 0.05) is 37.7 Å². The average Bonchev–Trinajstić information content (AvgIpc) is 2.60. The molecule has 1 aliphatic heterocycles. The zero-order chi connectivity index (χ0) is 16.8. The van der Waals surface area contributed by atoms with Crippen molar-refractivity contribution in [1.82, 2.24) is 9.80 Å². The highest BCUT2D eigenvalue weighted by molar-refractivity contribution is 5.94. The number of hydrogen-bond acceptors (Lipinski definition) is 3. The van der Waals surface area contributed by atoms with Crippen molar-refractivity contribution in [3.8, 4) is 5.75 Å². The molecule has 0 saturated carbocycles. The number of rotatable bonds is 5. The minimum atomic E-state index is -0.00222. The minimum Gasteiger partial charge on any atom is -0.497 e. The zero-order valence-corrected chi connectivity index (χ0v) is 14.2. The third-order valence-electron chi connectivity index (χ3n) is 4.34. The van der Waals surface area contributed by atoms with Crippen molar-refractivity contribution < 1.29 is 14.3 Å². The second-order valence-corrected chi connectivity index (χ2v) is 6.04. The molecule has 0 N–H and O–H groups in total. The molecule has 1 atom stereocenters. The van der Waals surface area contributed by atoms with Crippen LogP contribution in [0.3, 0.4) is 0 Å². The van der Waals surface area contributed by atoms with Crippen LogP contribution in [0.5, 0.6) is 5.75 Å². The number of amides is 2. The molecule has 1 fully saturated rings. The van der Waals surface area contributed by atoms with Gasteiger partial charge in [-0.3, -0.25) is 9.59 Å². The molecular formula is C18H26N2O3. The van der Waals surface area contributed by atoms with Gasteiger partial charge >= 0.3 is 0 Å². The topological polar surface area (TPSA) is 49.9 Å². The van der Waals surface area contributed by atoms with Crippen molar-refractivity contribution in [2.45, 2.75) is 26.7 Å². The molecule has 0 aliphatic carbocycles. The summed E-state index contributed by atoms with van der Waals surface area (Å²) in [6.45, 7) is 6.47. The van der Waals surface area contributed by atoms with Crippen LogP contribution in [0.25, 0.3) is 0 Å². The molecule has 2 rings (SSSR count). The van der Waals surface area contributed by atoms with E-state index < -0.39 is 0 Å². The number of benzene rings is 1. The molecule has 1 aromatic rings. The van der Waals surface area contributed by atoms with Crippen LogP contribution < -0.4 is 4.74 Å².